The van der Waals surface area contributed by atoms with Crippen molar-refractivity contribution in [3.63, 3.8) is 0 Å². The van der Waals surface area contributed by atoms with Gasteiger partial charge in [0.05, 0.1) is 5.69 Å². The van der Waals surface area contributed by atoms with E-state index in [2.05, 4.69) is 10.0 Å². The minimum atomic E-state index is -3.62. The van der Waals surface area contributed by atoms with E-state index >= 15 is 0 Å². The third kappa shape index (κ3) is 2.82. The largest absolute Gasteiger partial charge is 0.454 e. The molecule has 3 rings (SSSR count). The lowest BCUT2D eigenvalue weighted by Gasteiger charge is -2.09. The molecular formula is C13H14N2O4S2. The summed E-state index contributed by atoms with van der Waals surface area (Å²) in [7, 11) is -1.84. The van der Waals surface area contributed by atoms with Crippen LogP contribution in [0, 0.1) is 0 Å². The SMILES string of the molecule is CNCc1sccc1S(=O)(=O)Nc1ccc2c(c1)OCO2. The van der Waals surface area contributed by atoms with Gasteiger partial charge < -0.3 is 14.8 Å². The number of thiophene rings is 1. The molecule has 2 heterocycles. The Labute approximate surface area is 126 Å². The van der Waals surface area contributed by atoms with Gasteiger partial charge in [0.15, 0.2) is 11.5 Å². The van der Waals surface area contributed by atoms with Crippen LogP contribution >= 0.6 is 11.3 Å². The number of sulfonamides is 1. The van der Waals surface area contributed by atoms with Crippen molar-refractivity contribution in [3.8, 4) is 11.5 Å². The molecule has 0 unspecified atom stereocenters. The molecule has 0 fully saturated rings. The lowest BCUT2D eigenvalue weighted by Crippen LogP contribution is -2.15. The third-order valence-corrected chi connectivity index (χ3v) is 5.47. The number of benzene rings is 1. The van der Waals surface area contributed by atoms with E-state index < -0.39 is 10.0 Å². The van der Waals surface area contributed by atoms with Crippen molar-refractivity contribution in [2.75, 3.05) is 18.6 Å². The molecule has 1 aromatic heterocycles. The highest BCUT2D eigenvalue weighted by Crippen LogP contribution is 2.35. The molecule has 0 saturated carbocycles. The van der Waals surface area contributed by atoms with Crippen LogP contribution in [0.1, 0.15) is 4.88 Å². The van der Waals surface area contributed by atoms with Crippen molar-refractivity contribution in [2.45, 2.75) is 11.4 Å². The Balaban J connectivity index is 1.87. The molecule has 0 bridgehead atoms. The van der Waals surface area contributed by atoms with Crippen molar-refractivity contribution in [3.05, 3.63) is 34.5 Å². The van der Waals surface area contributed by atoms with Crippen LogP contribution in [0.4, 0.5) is 5.69 Å². The van der Waals surface area contributed by atoms with Gasteiger partial charge in [0, 0.05) is 17.5 Å². The second-order valence-corrected chi connectivity index (χ2v) is 7.06. The van der Waals surface area contributed by atoms with Gasteiger partial charge in [-0.15, -0.1) is 11.3 Å². The molecule has 1 aliphatic rings. The van der Waals surface area contributed by atoms with Crippen LogP contribution in [0.5, 0.6) is 11.5 Å². The van der Waals surface area contributed by atoms with Crippen molar-refractivity contribution >= 4 is 27.0 Å². The zero-order valence-electron chi connectivity index (χ0n) is 11.3. The minimum Gasteiger partial charge on any atom is -0.454 e. The van der Waals surface area contributed by atoms with E-state index in [0.29, 0.717) is 28.6 Å². The maximum atomic E-state index is 12.5. The fourth-order valence-electron chi connectivity index (χ4n) is 2.03. The lowest BCUT2D eigenvalue weighted by molar-refractivity contribution is 0.174. The van der Waals surface area contributed by atoms with Crippen LogP contribution in [-0.2, 0) is 16.6 Å². The first-order chi connectivity index (χ1) is 10.1. The molecule has 0 saturated heterocycles. The Kier molecular flexibility index (Phi) is 3.75. The molecule has 8 heteroatoms. The normalized spacial score (nSPS) is 13.4. The molecule has 6 nitrogen and oxygen atoms in total. The van der Waals surface area contributed by atoms with Gasteiger partial charge in [-0.3, -0.25) is 4.72 Å². The summed E-state index contributed by atoms with van der Waals surface area (Å²) in [5.41, 5.74) is 0.445. The Morgan fingerprint density at radius 1 is 1.24 bits per heavy atom. The van der Waals surface area contributed by atoms with Gasteiger partial charge in [0.2, 0.25) is 6.79 Å². The summed E-state index contributed by atoms with van der Waals surface area (Å²) < 4.78 is 37.9. The molecule has 1 aromatic carbocycles. The maximum absolute atomic E-state index is 12.5. The van der Waals surface area contributed by atoms with Gasteiger partial charge in [-0.1, -0.05) is 0 Å². The van der Waals surface area contributed by atoms with E-state index in [1.807, 2.05) is 0 Å². The fraction of sp³-hybridized carbons (Fsp3) is 0.231. The average molecular weight is 326 g/mol. The summed E-state index contributed by atoms with van der Waals surface area (Å²) in [4.78, 5) is 1.06. The number of hydrogen-bond donors (Lipinski definition) is 2. The summed E-state index contributed by atoms with van der Waals surface area (Å²) in [6.07, 6.45) is 0. The van der Waals surface area contributed by atoms with Gasteiger partial charge in [-0.05, 0) is 30.6 Å². The van der Waals surface area contributed by atoms with Crippen LogP contribution in [0.15, 0.2) is 34.5 Å². The summed E-state index contributed by atoms with van der Waals surface area (Å²) in [6.45, 7) is 0.664. The number of rotatable bonds is 5. The van der Waals surface area contributed by atoms with E-state index in [-0.39, 0.29) is 6.79 Å². The fourth-order valence-corrected chi connectivity index (χ4v) is 4.53. The monoisotopic (exact) mass is 326 g/mol. The second kappa shape index (κ2) is 5.55. The smallest absolute Gasteiger partial charge is 0.263 e. The zero-order chi connectivity index (χ0) is 14.9. The average Bonchev–Trinajstić information content (AvgIpc) is 3.06. The molecule has 21 heavy (non-hydrogen) atoms. The van der Waals surface area contributed by atoms with Crippen LogP contribution in [0.2, 0.25) is 0 Å². The first-order valence-corrected chi connectivity index (χ1v) is 8.60. The molecule has 112 valence electrons. The highest BCUT2D eigenvalue weighted by atomic mass is 32.2. The van der Waals surface area contributed by atoms with Crippen LogP contribution in [0.3, 0.4) is 0 Å². The molecule has 0 aliphatic carbocycles. The van der Waals surface area contributed by atoms with E-state index in [4.69, 9.17) is 9.47 Å². The number of ether oxygens (including phenoxy) is 2. The van der Waals surface area contributed by atoms with E-state index in [9.17, 15) is 8.42 Å². The van der Waals surface area contributed by atoms with Crippen LogP contribution < -0.4 is 19.5 Å². The van der Waals surface area contributed by atoms with Crippen molar-refractivity contribution in [2.24, 2.45) is 0 Å². The van der Waals surface area contributed by atoms with Gasteiger partial charge in [0.1, 0.15) is 4.90 Å². The number of hydrogen-bond acceptors (Lipinski definition) is 6. The molecule has 2 aromatic rings. The summed E-state index contributed by atoms with van der Waals surface area (Å²) in [5.74, 6) is 1.15. The molecule has 0 amide bonds. The minimum absolute atomic E-state index is 0.155. The van der Waals surface area contributed by atoms with Crippen molar-refractivity contribution < 1.29 is 17.9 Å². The Hall–Kier alpha value is -1.77. The molecule has 2 N–H and O–H groups in total. The van der Waals surface area contributed by atoms with Crippen LogP contribution in [0.25, 0.3) is 0 Å². The second-order valence-electron chi connectivity index (χ2n) is 4.41. The number of anilines is 1. The molecule has 0 spiro atoms. The van der Waals surface area contributed by atoms with Gasteiger partial charge in [0.25, 0.3) is 10.0 Å². The predicted octanol–water partition coefficient (Wildman–Crippen LogP) is 2.00. The first kappa shape index (κ1) is 14.2. The van der Waals surface area contributed by atoms with Gasteiger partial charge >= 0.3 is 0 Å². The predicted molar refractivity (Wildman–Crippen MR) is 80.5 cm³/mol. The highest BCUT2D eigenvalue weighted by Gasteiger charge is 2.21. The zero-order valence-corrected chi connectivity index (χ0v) is 12.9. The highest BCUT2D eigenvalue weighted by molar-refractivity contribution is 7.93. The number of nitrogens with one attached hydrogen (secondary N) is 2. The molecule has 0 atom stereocenters. The topological polar surface area (TPSA) is 76.7 Å². The number of fused-ring (bicyclic) bond motifs is 1. The summed E-state index contributed by atoms with van der Waals surface area (Å²) in [5, 5.41) is 4.73. The van der Waals surface area contributed by atoms with E-state index in [1.165, 1.54) is 11.3 Å². The summed E-state index contributed by atoms with van der Waals surface area (Å²) in [6, 6.07) is 6.55. The van der Waals surface area contributed by atoms with Crippen LogP contribution in [-0.4, -0.2) is 22.3 Å². The van der Waals surface area contributed by atoms with Gasteiger partial charge in [-0.2, -0.15) is 0 Å². The molecule has 1 aliphatic heterocycles. The van der Waals surface area contributed by atoms with Gasteiger partial charge in [-0.25, -0.2) is 8.42 Å². The standard InChI is InChI=1S/C13H14N2O4S2/c1-14-7-12-13(4-5-20-12)21(16,17)15-9-2-3-10-11(6-9)19-8-18-10/h2-6,14-15H,7-8H2,1H3. The summed E-state index contributed by atoms with van der Waals surface area (Å²) >= 11 is 1.41. The molecular weight excluding hydrogens is 312 g/mol. The maximum Gasteiger partial charge on any atom is 0.263 e. The third-order valence-electron chi connectivity index (χ3n) is 2.96. The lowest BCUT2D eigenvalue weighted by atomic mass is 10.3. The quantitative estimate of drug-likeness (QED) is 0.879. The Morgan fingerprint density at radius 2 is 2.05 bits per heavy atom. The van der Waals surface area contributed by atoms with E-state index in [1.54, 1.807) is 36.7 Å². The Morgan fingerprint density at radius 3 is 2.86 bits per heavy atom. The molecule has 0 radical (unpaired) electrons. The van der Waals surface area contributed by atoms with Crippen molar-refractivity contribution in [1.29, 1.82) is 0 Å². The first-order valence-electron chi connectivity index (χ1n) is 6.23. The van der Waals surface area contributed by atoms with E-state index in [0.717, 1.165) is 4.88 Å². The Bertz CT molecular complexity index is 755. The van der Waals surface area contributed by atoms with Crippen molar-refractivity contribution in [1.82, 2.24) is 5.32 Å².